The van der Waals surface area contributed by atoms with Crippen molar-refractivity contribution < 1.29 is 19.8 Å². The lowest BCUT2D eigenvalue weighted by molar-refractivity contribution is -0.146. The second kappa shape index (κ2) is 7.48. The van der Waals surface area contributed by atoms with Gasteiger partial charge in [-0.15, -0.1) is 0 Å². The van der Waals surface area contributed by atoms with E-state index in [1.807, 2.05) is 11.8 Å². The molecule has 7 heteroatoms. The Morgan fingerprint density at radius 1 is 1.44 bits per heavy atom. The molecule has 18 heavy (non-hydrogen) atoms. The second-order valence-corrected chi connectivity index (χ2v) is 5.87. The average Bonchev–Trinajstić information content (AvgIpc) is 2.73. The molecule has 0 spiro atoms. The van der Waals surface area contributed by atoms with E-state index < -0.39 is 18.1 Å². The van der Waals surface area contributed by atoms with Crippen molar-refractivity contribution >= 4 is 23.8 Å². The molecule has 0 aliphatic heterocycles. The van der Waals surface area contributed by atoms with Crippen LogP contribution in [0.15, 0.2) is 0 Å². The number of hydrogen-bond donors (Lipinski definition) is 4. The first kappa shape index (κ1) is 15.1. The van der Waals surface area contributed by atoms with Gasteiger partial charge in [0.25, 0.3) is 0 Å². The zero-order chi connectivity index (χ0) is 13.5. The van der Waals surface area contributed by atoms with E-state index in [0.29, 0.717) is 5.25 Å². The van der Waals surface area contributed by atoms with E-state index in [1.165, 1.54) is 0 Å². The maximum absolute atomic E-state index is 11.5. The molecule has 0 aromatic rings. The molecule has 104 valence electrons. The minimum absolute atomic E-state index is 0.149. The maximum atomic E-state index is 11.5. The van der Waals surface area contributed by atoms with Crippen LogP contribution >= 0.6 is 11.8 Å². The average molecular weight is 276 g/mol. The van der Waals surface area contributed by atoms with Crippen LogP contribution in [0, 0.1) is 0 Å². The van der Waals surface area contributed by atoms with Crippen LogP contribution in [0.3, 0.4) is 0 Å². The lowest BCUT2D eigenvalue weighted by Gasteiger charge is -2.14. The van der Waals surface area contributed by atoms with Gasteiger partial charge in [0.05, 0.1) is 6.54 Å². The number of hydrogen-bond acceptors (Lipinski definition) is 4. The fraction of sp³-hybridized carbons (Fsp3) is 0.818. The van der Waals surface area contributed by atoms with Crippen molar-refractivity contribution in [1.29, 1.82) is 0 Å². The van der Waals surface area contributed by atoms with E-state index in [9.17, 15) is 9.59 Å². The van der Waals surface area contributed by atoms with Gasteiger partial charge < -0.3 is 20.8 Å². The summed E-state index contributed by atoms with van der Waals surface area (Å²) in [6, 6.07) is -0.265. The number of amides is 2. The standard InChI is InChI=1S/C11H20N2O4S/c1-2-18-8-4-3-7(5-8)13-11(17)12-6-9(14)10(15)16/h7-9,14H,2-6H2,1H3,(H,15,16)(H2,12,13,17). The van der Waals surface area contributed by atoms with Crippen molar-refractivity contribution in [2.45, 2.75) is 43.6 Å². The first-order valence-electron chi connectivity index (χ1n) is 6.09. The summed E-state index contributed by atoms with van der Waals surface area (Å²) in [7, 11) is 0. The molecule has 0 aromatic carbocycles. The summed E-state index contributed by atoms with van der Waals surface area (Å²) in [6.45, 7) is 1.84. The van der Waals surface area contributed by atoms with Crippen LogP contribution in [-0.2, 0) is 4.79 Å². The topological polar surface area (TPSA) is 98.7 Å². The molecule has 4 N–H and O–H groups in total. The summed E-state index contributed by atoms with van der Waals surface area (Å²) in [5.74, 6) is -0.260. The Kier molecular flexibility index (Phi) is 6.28. The fourth-order valence-electron chi connectivity index (χ4n) is 1.97. The van der Waals surface area contributed by atoms with E-state index in [1.54, 1.807) is 0 Å². The molecule has 0 saturated heterocycles. The Bertz CT molecular complexity index is 301. The van der Waals surface area contributed by atoms with Gasteiger partial charge in [0.2, 0.25) is 0 Å². The highest BCUT2D eigenvalue weighted by atomic mass is 32.2. The van der Waals surface area contributed by atoms with Gasteiger partial charge in [-0.25, -0.2) is 9.59 Å². The molecule has 0 bridgehead atoms. The van der Waals surface area contributed by atoms with Crippen LogP contribution < -0.4 is 10.6 Å². The van der Waals surface area contributed by atoms with Crippen LogP contribution in [0.4, 0.5) is 4.79 Å². The minimum atomic E-state index is -1.55. The highest BCUT2D eigenvalue weighted by Crippen LogP contribution is 2.29. The largest absolute Gasteiger partial charge is 0.479 e. The predicted octanol–water partition coefficient (Wildman–Crippen LogP) is 0.405. The Labute approximate surface area is 111 Å². The maximum Gasteiger partial charge on any atom is 0.334 e. The van der Waals surface area contributed by atoms with Gasteiger partial charge >= 0.3 is 12.0 Å². The molecular weight excluding hydrogens is 256 g/mol. The van der Waals surface area contributed by atoms with Crippen LogP contribution in [0.5, 0.6) is 0 Å². The summed E-state index contributed by atoms with van der Waals surface area (Å²) < 4.78 is 0. The molecule has 1 fully saturated rings. The molecule has 1 aliphatic carbocycles. The highest BCUT2D eigenvalue weighted by molar-refractivity contribution is 7.99. The van der Waals surface area contributed by atoms with Crippen molar-refractivity contribution in [2.75, 3.05) is 12.3 Å². The van der Waals surface area contributed by atoms with Crippen molar-refractivity contribution in [3.63, 3.8) is 0 Å². The first-order valence-corrected chi connectivity index (χ1v) is 7.14. The van der Waals surface area contributed by atoms with Crippen molar-refractivity contribution in [1.82, 2.24) is 10.6 Å². The molecule has 1 rings (SSSR count). The third-order valence-electron chi connectivity index (χ3n) is 2.86. The molecule has 1 saturated carbocycles. The van der Waals surface area contributed by atoms with Crippen LogP contribution in [0.25, 0.3) is 0 Å². The smallest absolute Gasteiger partial charge is 0.334 e. The van der Waals surface area contributed by atoms with Gasteiger partial charge in [0, 0.05) is 11.3 Å². The van der Waals surface area contributed by atoms with Crippen molar-refractivity contribution in [3.8, 4) is 0 Å². The summed E-state index contributed by atoms with van der Waals surface area (Å²) in [6.07, 6.45) is 1.45. The number of carboxylic acid groups (broad SMARTS) is 1. The Morgan fingerprint density at radius 2 is 2.17 bits per heavy atom. The summed E-state index contributed by atoms with van der Waals surface area (Å²) >= 11 is 1.90. The summed E-state index contributed by atoms with van der Waals surface area (Å²) in [5, 5.41) is 23.2. The predicted molar refractivity (Wildman–Crippen MR) is 69.7 cm³/mol. The van der Waals surface area contributed by atoms with Crippen LogP contribution in [-0.4, -0.2) is 51.9 Å². The summed E-state index contributed by atoms with van der Waals surface area (Å²) in [4.78, 5) is 21.8. The van der Waals surface area contributed by atoms with E-state index in [2.05, 4.69) is 17.6 Å². The molecule has 3 unspecified atom stereocenters. The number of rotatable bonds is 6. The SMILES string of the molecule is CCSC1CCC(NC(=O)NCC(O)C(=O)O)C1. The molecular formula is C11H20N2O4S. The van der Waals surface area contributed by atoms with Crippen LogP contribution in [0.2, 0.25) is 0 Å². The Morgan fingerprint density at radius 3 is 2.78 bits per heavy atom. The highest BCUT2D eigenvalue weighted by Gasteiger charge is 2.25. The zero-order valence-corrected chi connectivity index (χ0v) is 11.2. The van der Waals surface area contributed by atoms with Gasteiger partial charge in [-0.2, -0.15) is 11.8 Å². The number of aliphatic hydroxyl groups excluding tert-OH is 1. The van der Waals surface area contributed by atoms with E-state index in [0.717, 1.165) is 25.0 Å². The van der Waals surface area contributed by atoms with Gasteiger partial charge in [-0.05, 0) is 25.0 Å². The number of carbonyl (C=O) groups excluding carboxylic acids is 1. The molecule has 0 aromatic heterocycles. The number of aliphatic hydroxyl groups is 1. The molecule has 6 nitrogen and oxygen atoms in total. The second-order valence-electron chi connectivity index (χ2n) is 4.30. The van der Waals surface area contributed by atoms with Gasteiger partial charge in [-0.1, -0.05) is 6.92 Å². The molecule has 2 amide bonds. The minimum Gasteiger partial charge on any atom is -0.479 e. The summed E-state index contributed by atoms with van der Waals surface area (Å²) in [5.41, 5.74) is 0. The first-order chi connectivity index (χ1) is 8.52. The van der Waals surface area contributed by atoms with Gasteiger partial charge in [-0.3, -0.25) is 0 Å². The molecule has 0 heterocycles. The third-order valence-corrected chi connectivity index (χ3v) is 4.10. The van der Waals surface area contributed by atoms with Crippen molar-refractivity contribution in [3.05, 3.63) is 0 Å². The quantitative estimate of drug-likeness (QED) is 0.563. The van der Waals surface area contributed by atoms with E-state index >= 15 is 0 Å². The molecule has 0 radical (unpaired) electrons. The number of thioether (sulfide) groups is 1. The van der Waals surface area contributed by atoms with E-state index in [-0.39, 0.29) is 12.6 Å². The van der Waals surface area contributed by atoms with Gasteiger partial charge in [0.1, 0.15) is 0 Å². The Balaban J connectivity index is 2.19. The lowest BCUT2D eigenvalue weighted by atomic mass is 10.2. The van der Waals surface area contributed by atoms with E-state index in [4.69, 9.17) is 10.2 Å². The lowest BCUT2D eigenvalue weighted by Crippen LogP contribution is -2.45. The monoisotopic (exact) mass is 276 g/mol. The number of urea groups is 1. The number of carboxylic acids is 1. The molecule has 3 atom stereocenters. The number of nitrogens with one attached hydrogen (secondary N) is 2. The number of aliphatic carboxylic acids is 1. The zero-order valence-electron chi connectivity index (χ0n) is 10.4. The number of carbonyl (C=O) groups is 2. The third kappa shape index (κ3) is 5.14. The Hall–Kier alpha value is -0.950. The fourth-order valence-corrected chi connectivity index (χ4v) is 3.11. The normalized spacial score (nSPS) is 24.6. The van der Waals surface area contributed by atoms with Gasteiger partial charge in [0.15, 0.2) is 6.10 Å². The molecule has 1 aliphatic rings. The van der Waals surface area contributed by atoms with Crippen molar-refractivity contribution in [2.24, 2.45) is 0 Å². The van der Waals surface area contributed by atoms with Crippen LogP contribution in [0.1, 0.15) is 26.2 Å².